The van der Waals surface area contributed by atoms with Gasteiger partial charge in [0.25, 0.3) is 0 Å². The minimum absolute atomic E-state index is 0.0738. The van der Waals surface area contributed by atoms with Crippen molar-refractivity contribution in [2.75, 3.05) is 13.1 Å². The van der Waals surface area contributed by atoms with Gasteiger partial charge in [-0.3, -0.25) is 0 Å². The van der Waals surface area contributed by atoms with E-state index < -0.39 is 11.7 Å². The van der Waals surface area contributed by atoms with E-state index in [0.717, 1.165) is 18.4 Å². The lowest BCUT2D eigenvalue weighted by Gasteiger charge is -2.37. The lowest BCUT2D eigenvalue weighted by Crippen LogP contribution is -2.44. The lowest BCUT2D eigenvalue weighted by molar-refractivity contribution is -0.00776. The lowest BCUT2D eigenvalue weighted by atomic mass is 9.71. The summed E-state index contributed by atoms with van der Waals surface area (Å²) in [5, 5.41) is 20.1. The summed E-state index contributed by atoms with van der Waals surface area (Å²) in [5.74, 6) is 6.27. The third-order valence-electron chi connectivity index (χ3n) is 4.93. The summed E-state index contributed by atoms with van der Waals surface area (Å²) in [6.07, 6.45) is 1.60. The number of nitrogens with zero attached hydrogens (tertiary/aromatic N) is 1. The molecule has 0 radical (unpaired) electrons. The van der Waals surface area contributed by atoms with Crippen LogP contribution >= 0.6 is 0 Å². The summed E-state index contributed by atoms with van der Waals surface area (Å²) in [6, 6.07) is 7.90. The zero-order valence-corrected chi connectivity index (χ0v) is 12.7. The third kappa shape index (κ3) is 2.82. The van der Waals surface area contributed by atoms with Crippen LogP contribution in [0.3, 0.4) is 0 Å². The second kappa shape index (κ2) is 5.66. The Hall–Kier alpha value is -1.99. The van der Waals surface area contributed by atoms with Crippen molar-refractivity contribution in [2.45, 2.75) is 31.8 Å². The van der Waals surface area contributed by atoms with Crippen molar-refractivity contribution in [1.82, 2.24) is 4.90 Å². The highest BCUT2D eigenvalue weighted by Gasteiger charge is 2.49. The second-order valence-corrected chi connectivity index (χ2v) is 6.49. The molecule has 1 aromatic carbocycles. The van der Waals surface area contributed by atoms with E-state index in [1.807, 2.05) is 31.2 Å². The number of amides is 1. The molecule has 1 aliphatic heterocycles. The van der Waals surface area contributed by atoms with E-state index >= 15 is 0 Å². The smallest absolute Gasteiger partial charge is 0.407 e. The number of hydrogen-bond donors (Lipinski definition) is 2. The molecule has 4 nitrogen and oxygen atoms in total. The number of carbonyl (C=O) groups is 1. The quantitative estimate of drug-likeness (QED) is 0.724. The Balaban J connectivity index is 1.82. The van der Waals surface area contributed by atoms with Crippen molar-refractivity contribution in [1.29, 1.82) is 0 Å². The van der Waals surface area contributed by atoms with E-state index in [1.54, 1.807) is 0 Å². The van der Waals surface area contributed by atoms with Gasteiger partial charge < -0.3 is 15.1 Å². The summed E-state index contributed by atoms with van der Waals surface area (Å²) < 4.78 is 0. The molecule has 0 aromatic heterocycles. The highest BCUT2D eigenvalue weighted by atomic mass is 16.4. The molecule has 1 aromatic rings. The van der Waals surface area contributed by atoms with Crippen LogP contribution in [-0.2, 0) is 0 Å². The molecule has 3 unspecified atom stereocenters. The fourth-order valence-electron chi connectivity index (χ4n) is 3.65. The van der Waals surface area contributed by atoms with Gasteiger partial charge in [-0.2, -0.15) is 0 Å². The first kappa shape index (κ1) is 14.9. The third-order valence-corrected chi connectivity index (χ3v) is 4.93. The average molecular weight is 299 g/mol. The minimum atomic E-state index is -1.07. The molecule has 2 N–H and O–H groups in total. The highest BCUT2D eigenvalue weighted by Crippen LogP contribution is 2.42. The Bertz CT molecular complexity index is 628. The molecule has 22 heavy (non-hydrogen) atoms. The van der Waals surface area contributed by atoms with Gasteiger partial charge in [0.15, 0.2) is 0 Å². The van der Waals surface area contributed by atoms with Gasteiger partial charge in [0, 0.05) is 24.6 Å². The molecule has 3 atom stereocenters. The summed E-state index contributed by atoms with van der Waals surface area (Å²) in [4.78, 5) is 12.6. The molecule has 1 saturated heterocycles. The van der Waals surface area contributed by atoms with Crippen LogP contribution in [0.4, 0.5) is 4.79 Å². The fourth-order valence-corrected chi connectivity index (χ4v) is 3.65. The van der Waals surface area contributed by atoms with E-state index in [9.17, 15) is 15.0 Å². The van der Waals surface area contributed by atoms with Crippen molar-refractivity contribution >= 4 is 6.09 Å². The first-order valence-electron chi connectivity index (χ1n) is 7.78. The molecular formula is C18H21NO3. The van der Waals surface area contributed by atoms with Gasteiger partial charge in [-0.05, 0) is 44.2 Å². The minimum Gasteiger partial charge on any atom is -0.465 e. The highest BCUT2D eigenvalue weighted by molar-refractivity contribution is 5.65. The van der Waals surface area contributed by atoms with Crippen LogP contribution in [-0.4, -0.2) is 39.9 Å². The molecule has 2 aliphatic rings. The number of rotatable bonds is 0. The van der Waals surface area contributed by atoms with Gasteiger partial charge in [-0.15, -0.1) is 0 Å². The number of aryl methyl sites for hydroxylation is 1. The zero-order valence-electron chi connectivity index (χ0n) is 12.7. The molecule has 1 amide bonds. The first-order valence-corrected chi connectivity index (χ1v) is 7.78. The Labute approximate surface area is 130 Å². The predicted octanol–water partition coefficient (Wildman–Crippen LogP) is 2.49. The number of aliphatic hydroxyl groups is 1. The second-order valence-electron chi connectivity index (χ2n) is 6.49. The molecule has 3 rings (SSSR count). The summed E-state index contributed by atoms with van der Waals surface area (Å²) in [7, 11) is 0. The van der Waals surface area contributed by atoms with Crippen LogP contribution in [0.15, 0.2) is 24.3 Å². The van der Waals surface area contributed by atoms with Crippen molar-refractivity contribution < 1.29 is 15.0 Å². The summed E-state index contributed by atoms with van der Waals surface area (Å²) in [6.45, 7) is 2.93. The van der Waals surface area contributed by atoms with Crippen LogP contribution in [0.5, 0.6) is 0 Å². The van der Waals surface area contributed by atoms with Crippen LogP contribution in [0.1, 0.15) is 30.4 Å². The summed E-state index contributed by atoms with van der Waals surface area (Å²) in [5.41, 5.74) is 0.988. The van der Waals surface area contributed by atoms with Gasteiger partial charge in [0.1, 0.15) is 5.60 Å². The standard InChI is InChI=1S/C18H21NO3/c1-13-4-6-14(7-5-13)8-10-18(22)9-2-3-15-11-19(17(20)21)12-16(15)18/h4-7,15-16,22H,2-3,9,11-12H2,1H3,(H,20,21). The number of likely N-dealkylation sites (tertiary alicyclic amines) is 1. The Kier molecular flexibility index (Phi) is 3.84. The maximum Gasteiger partial charge on any atom is 0.407 e. The fraction of sp³-hybridized carbons (Fsp3) is 0.500. The van der Waals surface area contributed by atoms with Crippen LogP contribution < -0.4 is 0 Å². The molecule has 0 bridgehead atoms. The topological polar surface area (TPSA) is 60.8 Å². The van der Waals surface area contributed by atoms with E-state index in [1.165, 1.54) is 10.5 Å². The normalized spacial score (nSPS) is 30.4. The monoisotopic (exact) mass is 299 g/mol. The van der Waals surface area contributed by atoms with Crippen LogP contribution in [0.25, 0.3) is 0 Å². The zero-order chi connectivity index (χ0) is 15.7. The van der Waals surface area contributed by atoms with Crippen LogP contribution in [0, 0.1) is 30.6 Å². The number of carboxylic acid groups (broad SMARTS) is 1. The summed E-state index contributed by atoms with van der Waals surface area (Å²) >= 11 is 0. The van der Waals surface area contributed by atoms with Gasteiger partial charge >= 0.3 is 6.09 Å². The van der Waals surface area contributed by atoms with Crippen molar-refractivity contribution in [3.05, 3.63) is 35.4 Å². The van der Waals surface area contributed by atoms with E-state index in [2.05, 4.69) is 11.8 Å². The van der Waals surface area contributed by atoms with E-state index in [-0.39, 0.29) is 11.8 Å². The van der Waals surface area contributed by atoms with Gasteiger partial charge in [-0.25, -0.2) is 4.79 Å². The van der Waals surface area contributed by atoms with Crippen molar-refractivity contribution in [2.24, 2.45) is 11.8 Å². The molecule has 116 valence electrons. The predicted molar refractivity (Wildman–Crippen MR) is 83.4 cm³/mol. The molecule has 4 heteroatoms. The van der Waals surface area contributed by atoms with Gasteiger partial charge in [0.2, 0.25) is 0 Å². The molecule has 1 heterocycles. The maximum atomic E-state index is 11.2. The molecule has 1 saturated carbocycles. The Morgan fingerprint density at radius 1 is 1.32 bits per heavy atom. The molecular weight excluding hydrogens is 278 g/mol. The number of hydrogen-bond acceptors (Lipinski definition) is 2. The maximum absolute atomic E-state index is 11.2. The van der Waals surface area contributed by atoms with Crippen molar-refractivity contribution in [3.8, 4) is 11.8 Å². The van der Waals surface area contributed by atoms with Crippen LogP contribution in [0.2, 0.25) is 0 Å². The number of fused-ring (bicyclic) bond motifs is 1. The largest absolute Gasteiger partial charge is 0.465 e. The molecule has 2 fully saturated rings. The SMILES string of the molecule is Cc1ccc(C#CC2(O)CCCC3CN(C(=O)O)CC32)cc1. The van der Waals surface area contributed by atoms with Crippen molar-refractivity contribution in [3.63, 3.8) is 0 Å². The molecule has 0 spiro atoms. The Morgan fingerprint density at radius 2 is 2.05 bits per heavy atom. The molecule has 1 aliphatic carbocycles. The first-order chi connectivity index (χ1) is 10.5. The van der Waals surface area contributed by atoms with E-state index in [0.29, 0.717) is 19.5 Å². The number of benzene rings is 1. The Morgan fingerprint density at radius 3 is 2.73 bits per heavy atom. The van der Waals surface area contributed by atoms with Gasteiger partial charge in [0.05, 0.1) is 0 Å². The average Bonchev–Trinajstić information content (AvgIpc) is 2.93. The van der Waals surface area contributed by atoms with Gasteiger partial charge in [-0.1, -0.05) is 29.5 Å². The van der Waals surface area contributed by atoms with E-state index in [4.69, 9.17) is 0 Å².